The zero-order chi connectivity index (χ0) is 29.1. The lowest BCUT2D eigenvalue weighted by Crippen LogP contribution is -2.56. The van der Waals surface area contributed by atoms with Gasteiger partial charge in [0.1, 0.15) is 0 Å². The Morgan fingerprint density at radius 3 is 1.00 bits per heavy atom. The molecule has 0 amide bonds. The summed E-state index contributed by atoms with van der Waals surface area (Å²) in [6, 6.07) is 4.20. The summed E-state index contributed by atoms with van der Waals surface area (Å²) in [6.07, 6.45) is 1.61. The van der Waals surface area contributed by atoms with E-state index >= 15 is 0 Å². The normalized spacial score (nSPS) is 15.6. The molecule has 0 atom stereocenters. The molecule has 0 saturated heterocycles. The fourth-order valence-electron chi connectivity index (χ4n) is 2.71. The lowest BCUT2D eigenvalue weighted by molar-refractivity contribution is 0.583. The highest BCUT2D eigenvalue weighted by Gasteiger charge is 2.71. The summed E-state index contributed by atoms with van der Waals surface area (Å²) < 4.78 is -20.1. The molecule has 0 fully saturated rings. The van der Waals surface area contributed by atoms with E-state index in [-0.39, 0.29) is 22.6 Å². The highest BCUT2D eigenvalue weighted by atomic mass is 35.6. The molecule has 0 bridgehead atoms. The number of halogens is 18. The van der Waals surface area contributed by atoms with Gasteiger partial charge in [0.15, 0.2) is 17.3 Å². The standard InChI is InChI=1S/C18H11Cl18/c1-7(2)6-8-9(11(19,20)13(23,24)15(27,28)17(31,32)33)4-3-5-10(8)12(21,22)14(25,26)16(29,30)18(34,35)36/h3-7H,1-2H3. The van der Waals surface area contributed by atoms with Gasteiger partial charge in [0.25, 0.3) is 0 Å². The Kier molecular flexibility index (Phi) is 13.3. The second-order valence-corrected chi connectivity index (χ2v) is 20.1. The maximum absolute atomic E-state index is 6.70. The highest BCUT2D eigenvalue weighted by Crippen LogP contribution is 2.68. The second-order valence-electron chi connectivity index (χ2n) is 7.62. The summed E-state index contributed by atoms with van der Waals surface area (Å²) in [5.74, 6) is -0.215. The van der Waals surface area contributed by atoms with Crippen molar-refractivity contribution in [2.24, 2.45) is 5.92 Å². The lowest BCUT2D eigenvalue weighted by Gasteiger charge is -2.46. The maximum atomic E-state index is 6.70. The fourth-order valence-corrected chi connectivity index (χ4v) is 7.30. The molecule has 209 valence electrons. The van der Waals surface area contributed by atoms with Gasteiger partial charge in [-0.3, -0.25) is 0 Å². The van der Waals surface area contributed by atoms with Gasteiger partial charge in [0, 0.05) is 0 Å². The van der Waals surface area contributed by atoms with Gasteiger partial charge in [0.2, 0.25) is 16.3 Å². The number of benzene rings is 1. The van der Waals surface area contributed by atoms with E-state index in [9.17, 15) is 0 Å². The van der Waals surface area contributed by atoms with Gasteiger partial charge in [-0.05, 0) is 29.0 Å². The SMILES string of the molecule is CC(C)[CH]c1c(C(Cl)(Cl)C(Cl)(Cl)C(Cl)(Cl)C(Cl)(Cl)Cl)cccc1C(Cl)(Cl)C(Cl)(Cl)C(Cl)(Cl)C(Cl)(Cl)Cl. The van der Waals surface area contributed by atoms with Crippen molar-refractivity contribution in [3.8, 4) is 0 Å². The van der Waals surface area contributed by atoms with Crippen LogP contribution in [-0.2, 0) is 8.67 Å². The molecular weight excluding hydrogens is 854 g/mol. The molecule has 0 aromatic heterocycles. The fraction of sp³-hybridized carbons (Fsp3) is 0.611. The molecule has 1 aromatic carbocycles. The van der Waals surface area contributed by atoms with E-state index in [4.69, 9.17) is 209 Å². The largest absolute Gasteiger partial charge is 0.226 e. The third-order valence-corrected chi connectivity index (χ3v) is 15.5. The first-order valence-corrected chi connectivity index (χ1v) is 15.7. The van der Waals surface area contributed by atoms with Crippen LogP contribution in [0.1, 0.15) is 30.5 Å². The first-order valence-electron chi connectivity index (χ1n) is 8.92. The Labute approximate surface area is 299 Å². The van der Waals surface area contributed by atoms with Crippen LogP contribution in [0.4, 0.5) is 0 Å². The van der Waals surface area contributed by atoms with Crippen LogP contribution in [0.15, 0.2) is 18.2 Å². The third-order valence-electron chi connectivity index (χ3n) is 4.57. The van der Waals surface area contributed by atoms with Crippen molar-refractivity contribution in [3.63, 3.8) is 0 Å². The van der Waals surface area contributed by atoms with E-state index in [0.717, 1.165) is 0 Å². The summed E-state index contributed by atoms with van der Waals surface area (Å²) in [5, 5.41) is 0. The van der Waals surface area contributed by atoms with Gasteiger partial charge in [0.05, 0.1) is 0 Å². The van der Waals surface area contributed by atoms with Crippen LogP contribution in [0.5, 0.6) is 0 Å². The monoisotopic (exact) mass is 857 g/mol. The van der Waals surface area contributed by atoms with E-state index in [1.807, 2.05) is 0 Å². The molecule has 0 N–H and O–H groups in total. The summed E-state index contributed by atoms with van der Waals surface area (Å²) in [5.41, 5.74) is 0.00143. The van der Waals surface area contributed by atoms with E-state index < -0.39 is 33.6 Å². The zero-order valence-electron chi connectivity index (χ0n) is 17.2. The Bertz CT molecular complexity index is 866. The molecule has 18 heteroatoms. The van der Waals surface area contributed by atoms with Gasteiger partial charge in [-0.1, -0.05) is 241 Å². The Morgan fingerprint density at radius 1 is 0.500 bits per heavy atom. The van der Waals surface area contributed by atoms with Crippen LogP contribution in [0.2, 0.25) is 0 Å². The molecule has 1 rings (SSSR count). The summed E-state index contributed by atoms with van der Waals surface area (Å²) >= 11 is 113. The minimum Gasteiger partial charge on any atom is -0.0943 e. The van der Waals surface area contributed by atoms with Crippen LogP contribution in [0.3, 0.4) is 0 Å². The molecule has 0 nitrogen and oxygen atoms in total. The minimum atomic E-state index is -2.60. The van der Waals surface area contributed by atoms with E-state index in [1.165, 1.54) is 18.2 Å². The molecule has 0 heterocycles. The van der Waals surface area contributed by atoms with Crippen molar-refractivity contribution in [2.45, 2.75) is 47.4 Å². The number of alkyl halides is 18. The molecule has 1 aromatic rings. The van der Waals surface area contributed by atoms with Crippen LogP contribution in [0, 0.1) is 12.3 Å². The average molecular weight is 865 g/mol. The predicted octanol–water partition coefficient (Wildman–Crippen LogP) is 13.6. The molecule has 0 saturated carbocycles. The van der Waals surface area contributed by atoms with Crippen molar-refractivity contribution in [1.29, 1.82) is 0 Å². The maximum Gasteiger partial charge on any atom is 0.226 e. The van der Waals surface area contributed by atoms with Gasteiger partial charge in [-0.2, -0.15) is 0 Å². The second kappa shape index (κ2) is 12.4. The molecule has 0 unspecified atom stereocenters. The average Bonchev–Trinajstić information content (AvgIpc) is 2.64. The summed E-state index contributed by atoms with van der Waals surface area (Å²) in [6.45, 7) is 3.59. The summed E-state index contributed by atoms with van der Waals surface area (Å²) in [7, 11) is 0. The lowest BCUT2D eigenvalue weighted by atomic mass is 9.87. The zero-order valence-corrected chi connectivity index (χ0v) is 30.8. The van der Waals surface area contributed by atoms with Gasteiger partial charge in [-0.15, -0.1) is 0 Å². The molecule has 0 spiro atoms. The van der Waals surface area contributed by atoms with Crippen molar-refractivity contribution >= 4 is 209 Å². The molecule has 1 radical (unpaired) electrons. The van der Waals surface area contributed by atoms with E-state index in [2.05, 4.69) is 0 Å². The Morgan fingerprint density at radius 2 is 0.778 bits per heavy atom. The van der Waals surface area contributed by atoms with Gasteiger partial charge >= 0.3 is 0 Å². The Balaban J connectivity index is 4.06. The van der Waals surface area contributed by atoms with Gasteiger partial charge < -0.3 is 0 Å². The number of hydrogen-bond acceptors (Lipinski definition) is 0. The van der Waals surface area contributed by atoms with Crippen molar-refractivity contribution < 1.29 is 0 Å². The van der Waals surface area contributed by atoms with Crippen LogP contribution in [-0.4, -0.2) is 24.9 Å². The minimum absolute atomic E-state index is 0.0552. The molecular formula is C18H11Cl18. The summed E-state index contributed by atoms with van der Waals surface area (Å²) in [4.78, 5) is 0. The number of hydrogen-bond donors (Lipinski definition) is 0. The topological polar surface area (TPSA) is 0 Å². The Hall–Kier alpha value is 4.44. The van der Waals surface area contributed by atoms with Gasteiger partial charge in [-0.25, -0.2) is 0 Å². The highest BCUT2D eigenvalue weighted by molar-refractivity contribution is 6.81. The van der Waals surface area contributed by atoms with Crippen molar-refractivity contribution in [2.75, 3.05) is 0 Å². The van der Waals surface area contributed by atoms with E-state index in [1.54, 1.807) is 20.3 Å². The predicted molar refractivity (Wildman–Crippen MR) is 170 cm³/mol. The van der Waals surface area contributed by atoms with E-state index in [0.29, 0.717) is 0 Å². The van der Waals surface area contributed by atoms with Crippen LogP contribution >= 0.6 is 209 Å². The first-order chi connectivity index (χ1) is 15.5. The third kappa shape index (κ3) is 6.89. The van der Waals surface area contributed by atoms with Crippen molar-refractivity contribution in [3.05, 3.63) is 41.3 Å². The quantitative estimate of drug-likeness (QED) is 0.228. The molecule has 0 aliphatic carbocycles. The van der Waals surface area contributed by atoms with Crippen LogP contribution < -0.4 is 0 Å². The van der Waals surface area contributed by atoms with Crippen LogP contribution in [0.25, 0.3) is 0 Å². The number of rotatable bonds is 8. The molecule has 0 aliphatic heterocycles. The smallest absolute Gasteiger partial charge is 0.0943 e. The first kappa shape index (κ1) is 38.5. The van der Waals surface area contributed by atoms with Crippen molar-refractivity contribution in [1.82, 2.24) is 0 Å². The molecule has 36 heavy (non-hydrogen) atoms. The molecule has 0 aliphatic rings.